The highest BCUT2D eigenvalue weighted by molar-refractivity contribution is 5.60. The van der Waals surface area contributed by atoms with Crippen LogP contribution in [0.15, 0.2) is 29.7 Å². The van der Waals surface area contributed by atoms with E-state index in [9.17, 15) is 5.26 Å². The number of H-pyrrole nitrogens is 1. The van der Waals surface area contributed by atoms with E-state index in [4.69, 9.17) is 19.9 Å². The van der Waals surface area contributed by atoms with Gasteiger partial charge >= 0.3 is 0 Å². The lowest BCUT2D eigenvalue weighted by atomic mass is 9.83. The molecule has 0 fully saturated rings. The van der Waals surface area contributed by atoms with Crippen molar-refractivity contribution in [3.63, 3.8) is 0 Å². The molecule has 1 atom stereocenters. The van der Waals surface area contributed by atoms with Crippen LogP contribution >= 0.6 is 0 Å². The van der Waals surface area contributed by atoms with Gasteiger partial charge in [-0.05, 0) is 12.5 Å². The predicted molar refractivity (Wildman–Crippen MR) is 91.4 cm³/mol. The van der Waals surface area contributed by atoms with Crippen LogP contribution in [-0.4, -0.2) is 24.4 Å². The predicted octanol–water partition coefficient (Wildman–Crippen LogP) is 2.60. The van der Waals surface area contributed by atoms with E-state index in [2.05, 4.69) is 23.2 Å². The summed E-state index contributed by atoms with van der Waals surface area (Å²) in [5, 5.41) is 16.9. The third-order valence-corrected chi connectivity index (χ3v) is 4.26. The smallest absolute Gasteiger partial charge is 0.244 e. The number of hydrogen-bond acceptors (Lipinski definition) is 6. The Balaban J connectivity index is 2.27. The lowest BCUT2D eigenvalue weighted by molar-refractivity contribution is 0.348. The number of nitriles is 1. The monoisotopic (exact) mass is 340 g/mol. The fourth-order valence-corrected chi connectivity index (χ4v) is 3.20. The third kappa shape index (κ3) is 2.66. The molecule has 1 aromatic carbocycles. The van der Waals surface area contributed by atoms with Gasteiger partial charge in [0, 0.05) is 11.3 Å². The quantitative estimate of drug-likeness (QED) is 0.866. The minimum absolute atomic E-state index is 0.0550. The van der Waals surface area contributed by atoms with Gasteiger partial charge in [0.05, 0.1) is 25.7 Å². The molecule has 1 aromatic heterocycles. The van der Waals surface area contributed by atoms with Crippen molar-refractivity contribution >= 4 is 0 Å². The first-order valence-electron chi connectivity index (χ1n) is 8.01. The molecule has 0 saturated heterocycles. The normalized spacial score (nSPS) is 16.0. The zero-order valence-electron chi connectivity index (χ0n) is 14.4. The molecule has 0 saturated carbocycles. The number of aromatic nitrogens is 2. The number of allylic oxidation sites excluding steroid dienone is 1. The summed E-state index contributed by atoms with van der Waals surface area (Å²) in [5.41, 5.74) is 8.84. The number of aromatic amines is 1. The molecule has 130 valence electrons. The maximum Gasteiger partial charge on any atom is 0.244 e. The molecular formula is C18H20N4O3. The lowest BCUT2D eigenvalue weighted by Crippen LogP contribution is -2.21. The fraction of sp³-hybridized carbons (Fsp3) is 0.333. The summed E-state index contributed by atoms with van der Waals surface area (Å²) in [6, 6.07) is 7.75. The van der Waals surface area contributed by atoms with E-state index in [1.54, 1.807) is 14.2 Å². The first-order chi connectivity index (χ1) is 12.2. The Morgan fingerprint density at radius 1 is 1.36 bits per heavy atom. The van der Waals surface area contributed by atoms with Gasteiger partial charge in [-0.3, -0.25) is 5.10 Å². The number of hydrogen-bond donors (Lipinski definition) is 2. The first kappa shape index (κ1) is 16.7. The second-order valence-corrected chi connectivity index (χ2v) is 5.68. The highest BCUT2D eigenvalue weighted by Gasteiger charge is 2.37. The van der Waals surface area contributed by atoms with Gasteiger partial charge in [-0.15, -0.1) is 5.10 Å². The van der Waals surface area contributed by atoms with E-state index in [1.165, 1.54) is 0 Å². The van der Waals surface area contributed by atoms with Crippen molar-refractivity contribution in [2.24, 2.45) is 5.73 Å². The second-order valence-electron chi connectivity index (χ2n) is 5.68. The number of rotatable bonds is 5. The van der Waals surface area contributed by atoms with Crippen LogP contribution in [0.2, 0.25) is 0 Å². The van der Waals surface area contributed by atoms with Gasteiger partial charge in [0.2, 0.25) is 11.8 Å². The number of nitrogens with two attached hydrogens (primary N) is 1. The van der Waals surface area contributed by atoms with Crippen LogP contribution in [0.1, 0.15) is 36.1 Å². The van der Waals surface area contributed by atoms with Crippen molar-refractivity contribution in [2.45, 2.75) is 25.7 Å². The maximum atomic E-state index is 9.70. The molecule has 3 N–H and O–H groups in total. The van der Waals surface area contributed by atoms with Crippen LogP contribution < -0.4 is 19.9 Å². The van der Waals surface area contributed by atoms with Gasteiger partial charge in [-0.2, -0.15) is 5.26 Å². The SMILES string of the molecule is CCCc1[nH]nc2c1[C@H](c1cccc(OC)c1OC)C(C#N)=C(N)O2. The molecule has 25 heavy (non-hydrogen) atoms. The van der Waals surface area contributed by atoms with Crippen LogP contribution in [0.3, 0.4) is 0 Å². The summed E-state index contributed by atoms with van der Waals surface area (Å²) in [5.74, 6) is 1.17. The average molecular weight is 340 g/mol. The van der Waals surface area contributed by atoms with E-state index in [0.29, 0.717) is 23.0 Å². The number of nitrogens with one attached hydrogen (secondary N) is 1. The van der Waals surface area contributed by atoms with Crippen molar-refractivity contribution in [3.8, 4) is 23.4 Å². The van der Waals surface area contributed by atoms with Crippen molar-refractivity contribution in [1.82, 2.24) is 10.2 Å². The van der Waals surface area contributed by atoms with Crippen molar-refractivity contribution in [3.05, 3.63) is 46.5 Å². The summed E-state index contributed by atoms with van der Waals surface area (Å²) in [7, 11) is 3.15. The third-order valence-electron chi connectivity index (χ3n) is 4.26. The van der Waals surface area contributed by atoms with E-state index in [-0.39, 0.29) is 5.88 Å². The van der Waals surface area contributed by atoms with Crippen LogP contribution in [0, 0.1) is 11.3 Å². The Hall–Kier alpha value is -3.14. The molecular weight excluding hydrogens is 320 g/mol. The standard InChI is InChI=1S/C18H20N4O3/c1-4-6-12-15-14(10-7-5-8-13(23-2)16(10)24-3)11(9-19)17(20)25-18(15)22-21-12/h5,7-8,14H,4,6,20H2,1-3H3,(H,21,22)/t14-/m1/s1. The molecule has 0 unspecified atom stereocenters. The molecule has 0 radical (unpaired) electrons. The fourth-order valence-electron chi connectivity index (χ4n) is 3.20. The molecule has 0 amide bonds. The minimum Gasteiger partial charge on any atom is -0.493 e. The van der Waals surface area contributed by atoms with E-state index >= 15 is 0 Å². The Morgan fingerprint density at radius 2 is 2.16 bits per heavy atom. The molecule has 2 heterocycles. The van der Waals surface area contributed by atoms with E-state index in [0.717, 1.165) is 29.7 Å². The van der Waals surface area contributed by atoms with Gasteiger partial charge in [0.25, 0.3) is 0 Å². The molecule has 0 aliphatic carbocycles. The molecule has 2 aromatic rings. The highest BCUT2D eigenvalue weighted by atomic mass is 16.5. The van der Waals surface area contributed by atoms with Crippen LogP contribution in [0.4, 0.5) is 0 Å². The molecule has 3 rings (SSSR count). The summed E-state index contributed by atoms with van der Waals surface area (Å²) in [6.45, 7) is 2.08. The van der Waals surface area contributed by atoms with Crippen molar-refractivity contribution < 1.29 is 14.2 Å². The summed E-state index contributed by atoms with van der Waals surface area (Å²) >= 11 is 0. The number of aryl methyl sites for hydroxylation is 1. The Bertz CT molecular complexity index is 864. The van der Waals surface area contributed by atoms with Crippen LogP contribution in [0.5, 0.6) is 17.4 Å². The Morgan fingerprint density at radius 3 is 2.80 bits per heavy atom. The number of para-hydroxylation sites is 1. The Kier molecular flexibility index (Phi) is 4.52. The molecule has 0 spiro atoms. The van der Waals surface area contributed by atoms with Gasteiger partial charge in [-0.25, -0.2) is 0 Å². The number of ether oxygens (including phenoxy) is 3. The first-order valence-corrected chi connectivity index (χ1v) is 8.01. The lowest BCUT2D eigenvalue weighted by Gasteiger charge is -2.26. The average Bonchev–Trinajstić information content (AvgIpc) is 3.02. The summed E-state index contributed by atoms with van der Waals surface area (Å²) in [4.78, 5) is 0. The minimum atomic E-state index is -0.431. The molecule has 7 heteroatoms. The van der Waals surface area contributed by atoms with Crippen molar-refractivity contribution in [2.75, 3.05) is 14.2 Å². The number of fused-ring (bicyclic) bond motifs is 1. The van der Waals surface area contributed by atoms with Gasteiger partial charge in [0.1, 0.15) is 11.6 Å². The van der Waals surface area contributed by atoms with E-state index < -0.39 is 5.92 Å². The van der Waals surface area contributed by atoms with Crippen molar-refractivity contribution in [1.29, 1.82) is 5.26 Å². The number of methoxy groups -OCH3 is 2. The molecule has 1 aliphatic rings. The molecule has 1 aliphatic heterocycles. The maximum absolute atomic E-state index is 9.70. The summed E-state index contributed by atoms with van der Waals surface area (Å²) < 4.78 is 16.5. The van der Waals surface area contributed by atoms with E-state index in [1.807, 2.05) is 18.2 Å². The molecule has 7 nitrogen and oxygen atoms in total. The summed E-state index contributed by atoms with van der Waals surface area (Å²) in [6.07, 6.45) is 1.71. The Labute approximate surface area is 146 Å². The highest BCUT2D eigenvalue weighted by Crippen LogP contribution is 2.47. The zero-order chi connectivity index (χ0) is 18.0. The topological polar surface area (TPSA) is 106 Å². The number of benzene rings is 1. The van der Waals surface area contributed by atoms with Gasteiger partial charge < -0.3 is 19.9 Å². The number of nitrogens with zero attached hydrogens (tertiary/aromatic N) is 2. The van der Waals surface area contributed by atoms with Crippen LogP contribution in [0.25, 0.3) is 0 Å². The van der Waals surface area contributed by atoms with Gasteiger partial charge in [-0.1, -0.05) is 25.5 Å². The van der Waals surface area contributed by atoms with Gasteiger partial charge in [0.15, 0.2) is 11.5 Å². The largest absolute Gasteiger partial charge is 0.493 e. The second kappa shape index (κ2) is 6.77. The zero-order valence-corrected chi connectivity index (χ0v) is 14.4. The van der Waals surface area contributed by atoms with Crippen LogP contribution in [-0.2, 0) is 6.42 Å². The molecule has 0 bridgehead atoms.